The van der Waals surface area contributed by atoms with Crippen LogP contribution >= 0.6 is 0 Å². The molecule has 0 saturated carbocycles. The number of nitrogens with zero attached hydrogens (tertiary/aromatic N) is 4. The molecule has 3 aromatic rings. The summed E-state index contributed by atoms with van der Waals surface area (Å²) >= 11 is 0. The van der Waals surface area contributed by atoms with Gasteiger partial charge in [-0.3, -0.25) is 9.20 Å². The first-order valence-corrected chi connectivity index (χ1v) is 8.18. The van der Waals surface area contributed by atoms with Gasteiger partial charge >= 0.3 is 11.7 Å². The van der Waals surface area contributed by atoms with E-state index in [2.05, 4.69) is 5.10 Å². The predicted molar refractivity (Wildman–Crippen MR) is 91.6 cm³/mol. The van der Waals surface area contributed by atoms with E-state index >= 15 is 0 Å². The molecule has 26 heavy (non-hydrogen) atoms. The van der Waals surface area contributed by atoms with Crippen LogP contribution in [0.3, 0.4) is 0 Å². The molecule has 3 heterocycles. The van der Waals surface area contributed by atoms with Crippen LogP contribution in [0, 0.1) is 0 Å². The molecule has 1 amide bonds. The largest absolute Gasteiger partial charge is 0.480 e. The predicted octanol–water partition coefficient (Wildman–Crippen LogP) is 0.534. The van der Waals surface area contributed by atoms with Crippen molar-refractivity contribution >= 4 is 17.5 Å². The summed E-state index contributed by atoms with van der Waals surface area (Å²) in [6.07, 6.45) is 1.82. The number of benzene rings is 1. The van der Waals surface area contributed by atoms with Crippen molar-refractivity contribution in [3.63, 3.8) is 0 Å². The molecule has 8 nitrogen and oxygen atoms in total. The minimum atomic E-state index is -1.06. The van der Waals surface area contributed by atoms with Gasteiger partial charge in [0.15, 0.2) is 5.65 Å². The van der Waals surface area contributed by atoms with Gasteiger partial charge < -0.3 is 10.0 Å². The highest BCUT2D eigenvalue weighted by Gasteiger charge is 2.34. The van der Waals surface area contributed by atoms with Gasteiger partial charge in [0, 0.05) is 19.2 Å². The van der Waals surface area contributed by atoms with Gasteiger partial charge in [-0.25, -0.2) is 14.3 Å². The molecule has 2 aromatic heterocycles. The Morgan fingerprint density at radius 3 is 2.58 bits per heavy atom. The first-order valence-electron chi connectivity index (χ1n) is 8.18. The van der Waals surface area contributed by atoms with Crippen molar-refractivity contribution in [2.24, 2.45) is 0 Å². The molecule has 1 aromatic carbocycles. The van der Waals surface area contributed by atoms with Gasteiger partial charge in [-0.1, -0.05) is 30.3 Å². The van der Waals surface area contributed by atoms with Crippen molar-refractivity contribution in [1.29, 1.82) is 0 Å². The van der Waals surface area contributed by atoms with E-state index in [1.807, 2.05) is 24.3 Å². The van der Waals surface area contributed by atoms with Gasteiger partial charge in [0.2, 0.25) is 5.91 Å². The molecular weight excluding hydrogens is 336 g/mol. The lowest BCUT2D eigenvalue weighted by Gasteiger charge is -2.34. The first-order chi connectivity index (χ1) is 12.5. The van der Waals surface area contributed by atoms with Crippen LogP contribution < -0.4 is 5.69 Å². The lowest BCUT2D eigenvalue weighted by Crippen LogP contribution is -2.50. The highest BCUT2D eigenvalue weighted by Crippen LogP contribution is 2.23. The lowest BCUT2D eigenvalue weighted by atomic mass is 9.94. The standard InChI is InChI=1S/C18H16N4O4/c23-16(11-22-18(26)20-8-4-3-7-15(20)19-22)21-10-13-6-2-1-5-12(13)9-14(21)17(24)25/h1-8,14H,9-11H2,(H,24,25)/t14-/m1/s1. The van der Waals surface area contributed by atoms with E-state index in [4.69, 9.17) is 0 Å². The van der Waals surface area contributed by atoms with Gasteiger partial charge in [-0.15, -0.1) is 5.10 Å². The fraction of sp³-hybridized carbons (Fsp3) is 0.222. The smallest absolute Gasteiger partial charge is 0.350 e. The van der Waals surface area contributed by atoms with Gasteiger partial charge in [0.1, 0.15) is 12.6 Å². The summed E-state index contributed by atoms with van der Waals surface area (Å²) in [7, 11) is 0. The second-order valence-electron chi connectivity index (χ2n) is 6.22. The van der Waals surface area contributed by atoms with Crippen LogP contribution in [0.1, 0.15) is 11.1 Å². The average molecular weight is 352 g/mol. The van der Waals surface area contributed by atoms with E-state index in [9.17, 15) is 19.5 Å². The SMILES string of the molecule is O=C(O)[C@H]1Cc2ccccc2CN1C(=O)Cn1nc2ccccn2c1=O. The van der Waals surface area contributed by atoms with Gasteiger partial charge in [-0.2, -0.15) is 0 Å². The number of carbonyl (C=O) groups excluding carboxylic acids is 1. The number of rotatable bonds is 3. The number of carbonyl (C=O) groups is 2. The summed E-state index contributed by atoms with van der Waals surface area (Å²) in [5.74, 6) is -1.51. The Morgan fingerprint density at radius 1 is 1.12 bits per heavy atom. The monoisotopic (exact) mass is 352 g/mol. The Balaban J connectivity index is 1.64. The Morgan fingerprint density at radius 2 is 1.85 bits per heavy atom. The van der Waals surface area contributed by atoms with Crippen molar-refractivity contribution < 1.29 is 14.7 Å². The molecule has 132 valence electrons. The number of fused-ring (bicyclic) bond motifs is 2. The average Bonchev–Trinajstić information content (AvgIpc) is 2.96. The van der Waals surface area contributed by atoms with E-state index in [0.29, 0.717) is 5.65 Å². The fourth-order valence-electron chi connectivity index (χ4n) is 3.30. The number of aromatic nitrogens is 3. The van der Waals surface area contributed by atoms with E-state index in [1.54, 1.807) is 24.4 Å². The van der Waals surface area contributed by atoms with Crippen molar-refractivity contribution in [3.05, 3.63) is 70.3 Å². The molecule has 8 heteroatoms. The van der Waals surface area contributed by atoms with Crippen LogP contribution in [-0.2, 0) is 29.1 Å². The quantitative estimate of drug-likeness (QED) is 0.742. The van der Waals surface area contributed by atoms with E-state index in [1.165, 1.54) is 9.30 Å². The van der Waals surface area contributed by atoms with E-state index in [0.717, 1.165) is 15.8 Å². The number of hydrogen-bond donors (Lipinski definition) is 1. The molecule has 1 atom stereocenters. The third-order valence-corrected chi connectivity index (χ3v) is 4.63. The molecule has 0 bridgehead atoms. The minimum absolute atomic E-state index is 0.202. The summed E-state index contributed by atoms with van der Waals surface area (Å²) in [6.45, 7) is -0.0967. The minimum Gasteiger partial charge on any atom is -0.480 e. The third-order valence-electron chi connectivity index (χ3n) is 4.63. The maximum atomic E-state index is 12.8. The Hall–Kier alpha value is -3.42. The van der Waals surface area contributed by atoms with Crippen LogP contribution in [0.5, 0.6) is 0 Å². The number of carboxylic acid groups (broad SMARTS) is 1. The zero-order chi connectivity index (χ0) is 18.3. The number of amides is 1. The maximum Gasteiger partial charge on any atom is 0.350 e. The lowest BCUT2D eigenvalue weighted by molar-refractivity contribution is -0.151. The maximum absolute atomic E-state index is 12.8. The van der Waals surface area contributed by atoms with E-state index < -0.39 is 23.6 Å². The zero-order valence-corrected chi connectivity index (χ0v) is 13.8. The van der Waals surface area contributed by atoms with Crippen molar-refractivity contribution in [3.8, 4) is 0 Å². The van der Waals surface area contributed by atoms with Crippen LogP contribution in [0.2, 0.25) is 0 Å². The summed E-state index contributed by atoms with van der Waals surface area (Å²) in [5, 5.41) is 13.7. The van der Waals surface area contributed by atoms with Crippen molar-refractivity contribution in [2.45, 2.75) is 25.6 Å². The van der Waals surface area contributed by atoms with Crippen molar-refractivity contribution in [1.82, 2.24) is 19.1 Å². The second kappa shape index (κ2) is 6.14. The van der Waals surface area contributed by atoms with Crippen LogP contribution in [0.15, 0.2) is 53.5 Å². The van der Waals surface area contributed by atoms with E-state index in [-0.39, 0.29) is 19.5 Å². The number of aliphatic carboxylic acids is 1. The molecule has 0 unspecified atom stereocenters. The van der Waals surface area contributed by atoms with Gasteiger partial charge in [-0.05, 0) is 23.3 Å². The highest BCUT2D eigenvalue weighted by molar-refractivity contribution is 5.84. The molecule has 1 aliphatic rings. The number of carboxylic acids is 1. The summed E-state index contributed by atoms with van der Waals surface area (Å²) in [4.78, 5) is 38.1. The summed E-state index contributed by atoms with van der Waals surface area (Å²) in [6, 6.07) is 11.6. The Bertz CT molecular complexity index is 1070. The van der Waals surface area contributed by atoms with Crippen molar-refractivity contribution in [2.75, 3.05) is 0 Å². The molecule has 4 rings (SSSR count). The number of hydrogen-bond acceptors (Lipinski definition) is 4. The summed E-state index contributed by atoms with van der Waals surface area (Å²) < 4.78 is 2.41. The Kier molecular flexibility index (Phi) is 3.80. The third kappa shape index (κ3) is 2.65. The first kappa shape index (κ1) is 16.1. The number of pyridine rings is 1. The van der Waals surface area contributed by atoms with Gasteiger partial charge in [0.05, 0.1) is 0 Å². The van der Waals surface area contributed by atoms with Crippen LogP contribution in [-0.4, -0.2) is 42.1 Å². The molecule has 0 aliphatic carbocycles. The zero-order valence-electron chi connectivity index (χ0n) is 13.8. The Labute approximate surface area is 147 Å². The fourth-order valence-corrected chi connectivity index (χ4v) is 3.30. The molecular formula is C18H16N4O4. The molecule has 1 N–H and O–H groups in total. The molecule has 0 spiro atoms. The molecule has 0 fully saturated rings. The molecule has 0 radical (unpaired) electrons. The highest BCUT2D eigenvalue weighted by atomic mass is 16.4. The summed E-state index contributed by atoms with van der Waals surface area (Å²) in [5.41, 5.74) is 1.84. The molecule has 0 saturated heterocycles. The normalized spacial score (nSPS) is 16.5. The van der Waals surface area contributed by atoms with Crippen LogP contribution in [0.4, 0.5) is 0 Å². The van der Waals surface area contributed by atoms with Gasteiger partial charge in [0.25, 0.3) is 0 Å². The second-order valence-corrected chi connectivity index (χ2v) is 6.22. The topological polar surface area (TPSA) is 96.9 Å². The van der Waals surface area contributed by atoms with Crippen LogP contribution in [0.25, 0.3) is 5.65 Å². The molecule has 1 aliphatic heterocycles.